The summed E-state index contributed by atoms with van der Waals surface area (Å²) in [6.07, 6.45) is 0.847. The summed E-state index contributed by atoms with van der Waals surface area (Å²) in [6, 6.07) is 12.7. The molecule has 0 aliphatic rings. The Kier molecular flexibility index (Phi) is 9.24. The molecule has 6 nitrogen and oxygen atoms in total. The summed E-state index contributed by atoms with van der Waals surface area (Å²) in [7, 11) is 4.83. The van der Waals surface area contributed by atoms with Gasteiger partial charge in [-0.3, -0.25) is 4.99 Å². The van der Waals surface area contributed by atoms with Gasteiger partial charge in [0.05, 0.1) is 19.8 Å². The molecule has 0 saturated heterocycles. The first kappa shape index (κ1) is 22.5. The molecule has 0 aromatic heterocycles. The summed E-state index contributed by atoms with van der Waals surface area (Å²) in [5.41, 5.74) is 1.87. The fourth-order valence-electron chi connectivity index (χ4n) is 2.76. The standard InChI is InChI=1S/C22H30FN3O3/c1-16(18-9-10-21(28-4)20(23)14-18)26-22(24-2)25-15-17-7-5-8-19(13-17)29-12-6-11-27-3/h5,7-10,13-14,16H,6,11-12,15H2,1-4H3,(H2,24,25,26). The molecule has 7 heteroatoms. The van der Waals surface area contributed by atoms with Gasteiger partial charge < -0.3 is 24.8 Å². The molecule has 158 valence electrons. The maximum Gasteiger partial charge on any atom is 0.191 e. The molecule has 2 aromatic carbocycles. The van der Waals surface area contributed by atoms with Crippen LogP contribution < -0.4 is 20.1 Å². The number of nitrogens with one attached hydrogen (secondary N) is 2. The predicted octanol–water partition coefficient (Wildman–Crippen LogP) is 3.68. The van der Waals surface area contributed by atoms with Crippen LogP contribution >= 0.6 is 0 Å². The van der Waals surface area contributed by atoms with E-state index in [1.165, 1.54) is 13.2 Å². The van der Waals surface area contributed by atoms with E-state index in [-0.39, 0.29) is 17.6 Å². The number of hydrogen-bond donors (Lipinski definition) is 2. The van der Waals surface area contributed by atoms with Crippen LogP contribution in [0.15, 0.2) is 47.5 Å². The van der Waals surface area contributed by atoms with Crippen LogP contribution in [0.5, 0.6) is 11.5 Å². The smallest absolute Gasteiger partial charge is 0.191 e. The van der Waals surface area contributed by atoms with E-state index in [0.29, 0.717) is 25.7 Å². The molecular weight excluding hydrogens is 373 g/mol. The first-order chi connectivity index (χ1) is 14.1. The summed E-state index contributed by atoms with van der Waals surface area (Å²) in [5, 5.41) is 6.54. The molecule has 0 bridgehead atoms. The number of nitrogens with zero attached hydrogens (tertiary/aromatic N) is 1. The van der Waals surface area contributed by atoms with Crippen molar-refractivity contribution in [1.29, 1.82) is 0 Å². The van der Waals surface area contributed by atoms with Crippen LogP contribution in [0.25, 0.3) is 0 Å². The first-order valence-electron chi connectivity index (χ1n) is 9.58. The lowest BCUT2D eigenvalue weighted by Gasteiger charge is -2.19. The van der Waals surface area contributed by atoms with Crippen molar-refractivity contribution in [1.82, 2.24) is 10.6 Å². The molecule has 2 rings (SSSR count). The number of benzene rings is 2. The normalized spacial score (nSPS) is 12.4. The summed E-state index contributed by atoms with van der Waals surface area (Å²) in [4.78, 5) is 4.25. The SMILES string of the molecule is CN=C(NCc1cccc(OCCCOC)c1)NC(C)c1ccc(OC)c(F)c1. The monoisotopic (exact) mass is 403 g/mol. The summed E-state index contributed by atoms with van der Waals surface area (Å²) >= 11 is 0. The predicted molar refractivity (Wildman–Crippen MR) is 113 cm³/mol. The van der Waals surface area contributed by atoms with Crippen molar-refractivity contribution in [3.05, 3.63) is 59.4 Å². The second-order valence-electron chi connectivity index (χ2n) is 6.53. The third-order valence-corrected chi connectivity index (χ3v) is 4.37. The van der Waals surface area contributed by atoms with Crippen LogP contribution in [-0.4, -0.2) is 40.4 Å². The molecule has 2 aromatic rings. The van der Waals surface area contributed by atoms with Crippen molar-refractivity contribution in [3.63, 3.8) is 0 Å². The lowest BCUT2D eigenvalue weighted by atomic mass is 10.1. The van der Waals surface area contributed by atoms with Gasteiger partial charge in [0, 0.05) is 33.7 Å². The summed E-state index contributed by atoms with van der Waals surface area (Å²) < 4.78 is 29.7. The van der Waals surface area contributed by atoms with Crippen LogP contribution in [0.1, 0.15) is 30.5 Å². The zero-order valence-electron chi connectivity index (χ0n) is 17.5. The van der Waals surface area contributed by atoms with Crippen LogP contribution in [0.3, 0.4) is 0 Å². The third kappa shape index (κ3) is 7.27. The van der Waals surface area contributed by atoms with Crippen molar-refractivity contribution in [2.45, 2.75) is 25.9 Å². The molecular formula is C22H30FN3O3. The quantitative estimate of drug-likeness (QED) is 0.360. The van der Waals surface area contributed by atoms with Gasteiger partial charge >= 0.3 is 0 Å². The van der Waals surface area contributed by atoms with E-state index < -0.39 is 0 Å². The number of halogens is 1. The van der Waals surface area contributed by atoms with Gasteiger partial charge in [0.1, 0.15) is 5.75 Å². The van der Waals surface area contributed by atoms with Crippen molar-refractivity contribution < 1.29 is 18.6 Å². The zero-order chi connectivity index (χ0) is 21.1. The van der Waals surface area contributed by atoms with Crippen LogP contribution in [0.4, 0.5) is 4.39 Å². The van der Waals surface area contributed by atoms with Gasteiger partial charge in [0.2, 0.25) is 0 Å². The van der Waals surface area contributed by atoms with Crippen molar-refractivity contribution in [2.24, 2.45) is 4.99 Å². The molecule has 0 radical (unpaired) electrons. The van der Waals surface area contributed by atoms with Gasteiger partial charge in [-0.2, -0.15) is 0 Å². The average molecular weight is 403 g/mol. The van der Waals surface area contributed by atoms with E-state index in [1.807, 2.05) is 37.3 Å². The van der Waals surface area contributed by atoms with Crippen molar-refractivity contribution in [3.8, 4) is 11.5 Å². The molecule has 0 amide bonds. The number of methoxy groups -OCH3 is 2. The van der Waals surface area contributed by atoms with Crippen LogP contribution in [0.2, 0.25) is 0 Å². The van der Waals surface area contributed by atoms with Crippen molar-refractivity contribution in [2.75, 3.05) is 34.5 Å². The molecule has 0 heterocycles. The molecule has 1 atom stereocenters. The number of rotatable bonds is 10. The second kappa shape index (κ2) is 11.9. The van der Waals surface area contributed by atoms with Gasteiger partial charge in [-0.05, 0) is 42.3 Å². The number of aliphatic imine (C=N–C) groups is 1. The lowest BCUT2D eigenvalue weighted by molar-refractivity contribution is 0.172. The summed E-state index contributed by atoms with van der Waals surface area (Å²) in [5.74, 6) is 1.29. The molecule has 0 aliphatic carbocycles. The minimum absolute atomic E-state index is 0.128. The summed E-state index contributed by atoms with van der Waals surface area (Å²) in [6.45, 7) is 3.82. The molecule has 0 fully saturated rings. The van der Waals surface area contributed by atoms with Gasteiger partial charge in [-0.25, -0.2) is 4.39 Å². The average Bonchev–Trinajstić information content (AvgIpc) is 2.74. The first-order valence-corrected chi connectivity index (χ1v) is 9.58. The van der Waals surface area contributed by atoms with Gasteiger partial charge in [0.15, 0.2) is 17.5 Å². The highest BCUT2D eigenvalue weighted by Gasteiger charge is 2.11. The number of ether oxygens (including phenoxy) is 3. The second-order valence-corrected chi connectivity index (χ2v) is 6.53. The Morgan fingerprint density at radius 2 is 1.97 bits per heavy atom. The Labute approximate surface area is 172 Å². The Morgan fingerprint density at radius 1 is 1.14 bits per heavy atom. The highest BCUT2D eigenvalue weighted by Crippen LogP contribution is 2.21. The number of guanidine groups is 1. The Hall–Kier alpha value is -2.80. The fourth-order valence-corrected chi connectivity index (χ4v) is 2.76. The van der Waals surface area contributed by atoms with E-state index >= 15 is 0 Å². The maximum atomic E-state index is 14.0. The van der Waals surface area contributed by atoms with E-state index in [1.54, 1.807) is 20.2 Å². The molecule has 0 aliphatic heterocycles. The highest BCUT2D eigenvalue weighted by atomic mass is 19.1. The third-order valence-electron chi connectivity index (χ3n) is 4.37. The largest absolute Gasteiger partial charge is 0.494 e. The zero-order valence-corrected chi connectivity index (χ0v) is 17.5. The maximum absolute atomic E-state index is 14.0. The Balaban J connectivity index is 1.89. The van der Waals surface area contributed by atoms with E-state index in [0.717, 1.165) is 23.3 Å². The fraction of sp³-hybridized carbons (Fsp3) is 0.409. The van der Waals surface area contributed by atoms with E-state index in [4.69, 9.17) is 14.2 Å². The van der Waals surface area contributed by atoms with Gasteiger partial charge in [-0.15, -0.1) is 0 Å². The van der Waals surface area contributed by atoms with E-state index in [2.05, 4.69) is 15.6 Å². The van der Waals surface area contributed by atoms with E-state index in [9.17, 15) is 4.39 Å². The van der Waals surface area contributed by atoms with Crippen LogP contribution in [0, 0.1) is 5.82 Å². The Morgan fingerprint density at radius 3 is 2.66 bits per heavy atom. The van der Waals surface area contributed by atoms with Gasteiger partial charge in [0.25, 0.3) is 0 Å². The van der Waals surface area contributed by atoms with Crippen molar-refractivity contribution >= 4 is 5.96 Å². The molecule has 29 heavy (non-hydrogen) atoms. The highest BCUT2D eigenvalue weighted by molar-refractivity contribution is 5.80. The molecule has 0 saturated carbocycles. The van der Waals surface area contributed by atoms with Crippen LogP contribution in [-0.2, 0) is 11.3 Å². The minimum Gasteiger partial charge on any atom is -0.494 e. The topological polar surface area (TPSA) is 64.1 Å². The molecule has 1 unspecified atom stereocenters. The minimum atomic E-state index is -0.385. The molecule has 2 N–H and O–H groups in total. The number of hydrogen-bond acceptors (Lipinski definition) is 4. The Bertz CT molecular complexity index is 799. The molecule has 0 spiro atoms. The van der Waals surface area contributed by atoms with Gasteiger partial charge in [-0.1, -0.05) is 18.2 Å². The lowest BCUT2D eigenvalue weighted by Crippen LogP contribution is -2.38.